The molecule has 3 aromatic heterocycles. The average molecular weight is 328 g/mol. The molecule has 0 fully saturated rings. The lowest BCUT2D eigenvalue weighted by Gasteiger charge is -2.02. The number of fused-ring (bicyclic) bond motifs is 4. The van der Waals surface area contributed by atoms with Crippen LogP contribution in [0.2, 0.25) is 0 Å². The molecule has 0 aliphatic carbocycles. The lowest BCUT2D eigenvalue weighted by molar-refractivity contribution is 0.102. The van der Waals surface area contributed by atoms with Crippen LogP contribution in [0.4, 0.5) is 0 Å². The summed E-state index contributed by atoms with van der Waals surface area (Å²) in [6.07, 6.45) is 1.67. The second-order valence-corrected chi connectivity index (χ2v) is 5.80. The summed E-state index contributed by atoms with van der Waals surface area (Å²) in [5, 5.41) is 8.15. The monoisotopic (exact) mass is 328 g/mol. The van der Waals surface area contributed by atoms with E-state index in [0.717, 1.165) is 22.1 Å². The Hall–Kier alpha value is -3.61. The summed E-state index contributed by atoms with van der Waals surface area (Å²) >= 11 is 0. The van der Waals surface area contributed by atoms with Crippen LogP contribution in [-0.4, -0.2) is 34.9 Å². The van der Waals surface area contributed by atoms with Gasteiger partial charge >= 0.3 is 0 Å². The molecule has 0 bridgehead atoms. The largest absolute Gasteiger partial charge is 0.324 e. The Morgan fingerprint density at radius 1 is 0.880 bits per heavy atom. The predicted octanol–water partition coefficient (Wildman–Crippen LogP) is 2.40. The first kappa shape index (κ1) is 13.8. The Morgan fingerprint density at radius 2 is 1.56 bits per heavy atom. The number of benzene rings is 2. The molecule has 7 heteroatoms. The van der Waals surface area contributed by atoms with Gasteiger partial charge < -0.3 is 4.57 Å². The normalized spacial score (nSPS) is 11.6. The highest BCUT2D eigenvalue weighted by Crippen LogP contribution is 2.18. The Balaban J connectivity index is 1.70. The average Bonchev–Trinajstić information content (AvgIpc) is 3.19. The zero-order valence-corrected chi connectivity index (χ0v) is 13.3. The van der Waals surface area contributed by atoms with Crippen LogP contribution in [0, 0.1) is 0 Å². The molecule has 5 aromatic rings. The fourth-order valence-electron chi connectivity index (χ4n) is 3.04. The van der Waals surface area contributed by atoms with Gasteiger partial charge in [0.05, 0.1) is 22.1 Å². The van der Waals surface area contributed by atoms with Crippen molar-refractivity contribution in [2.24, 2.45) is 7.05 Å². The topological polar surface area (TPSA) is 78.0 Å². The van der Waals surface area contributed by atoms with Gasteiger partial charge in [-0.1, -0.05) is 24.3 Å². The summed E-state index contributed by atoms with van der Waals surface area (Å²) in [6, 6.07) is 15.3. The molecule has 0 N–H and O–H groups in total. The van der Waals surface area contributed by atoms with Crippen LogP contribution in [0.25, 0.3) is 27.8 Å². The second kappa shape index (κ2) is 4.94. The maximum atomic E-state index is 12.9. The van der Waals surface area contributed by atoms with Gasteiger partial charge in [-0.2, -0.15) is 0 Å². The molecule has 0 saturated heterocycles. The van der Waals surface area contributed by atoms with E-state index >= 15 is 0 Å². The molecule has 7 nitrogen and oxygen atoms in total. The van der Waals surface area contributed by atoms with Crippen molar-refractivity contribution in [3.8, 4) is 0 Å². The van der Waals surface area contributed by atoms with E-state index in [2.05, 4.69) is 20.2 Å². The lowest BCUT2D eigenvalue weighted by Crippen LogP contribution is -2.12. The molecular formula is C18H12N6O. The van der Waals surface area contributed by atoms with Crippen LogP contribution < -0.4 is 0 Å². The molecule has 120 valence electrons. The zero-order chi connectivity index (χ0) is 17.0. The number of aromatic nitrogens is 6. The van der Waals surface area contributed by atoms with E-state index in [0.29, 0.717) is 11.6 Å². The van der Waals surface area contributed by atoms with E-state index in [1.165, 1.54) is 0 Å². The molecule has 0 amide bonds. The third kappa shape index (κ3) is 1.96. The molecule has 0 aliphatic rings. The molecule has 3 heterocycles. The first-order valence-corrected chi connectivity index (χ1v) is 7.79. The molecule has 0 unspecified atom stereocenters. The van der Waals surface area contributed by atoms with E-state index in [1.54, 1.807) is 15.2 Å². The van der Waals surface area contributed by atoms with Gasteiger partial charge in [-0.15, -0.1) is 10.2 Å². The Labute approximate surface area is 141 Å². The maximum absolute atomic E-state index is 12.9. The highest BCUT2D eigenvalue weighted by atomic mass is 16.1. The van der Waals surface area contributed by atoms with Crippen LogP contribution in [0.5, 0.6) is 0 Å². The number of carbonyl (C=O) groups excluding carboxylic acids is 1. The molecular weight excluding hydrogens is 316 g/mol. The maximum Gasteiger partial charge on any atom is 0.254 e. The van der Waals surface area contributed by atoms with Gasteiger partial charge in [-0.25, -0.2) is 9.97 Å². The number of ketones is 1. The number of para-hydroxylation sites is 4. The van der Waals surface area contributed by atoms with Crippen LogP contribution in [0.15, 0.2) is 54.7 Å². The number of hydrogen-bond acceptors (Lipinski definition) is 5. The lowest BCUT2D eigenvalue weighted by atomic mass is 10.3. The summed E-state index contributed by atoms with van der Waals surface area (Å²) in [6.45, 7) is 0. The minimum atomic E-state index is -0.272. The van der Waals surface area contributed by atoms with Crippen LogP contribution in [0.3, 0.4) is 0 Å². The van der Waals surface area contributed by atoms with Crippen LogP contribution in [0.1, 0.15) is 16.3 Å². The summed E-state index contributed by atoms with van der Waals surface area (Å²) in [5.41, 5.74) is 3.59. The van der Waals surface area contributed by atoms with Gasteiger partial charge in [0, 0.05) is 13.2 Å². The van der Waals surface area contributed by atoms with Crippen LogP contribution >= 0.6 is 0 Å². The van der Waals surface area contributed by atoms with Gasteiger partial charge in [0.25, 0.3) is 5.78 Å². The van der Waals surface area contributed by atoms with Gasteiger partial charge in [-0.05, 0) is 24.3 Å². The van der Waals surface area contributed by atoms with Crippen molar-refractivity contribution in [3.63, 3.8) is 0 Å². The summed E-state index contributed by atoms with van der Waals surface area (Å²) < 4.78 is 3.55. The highest BCUT2D eigenvalue weighted by molar-refractivity contribution is 6.07. The SMILES string of the molecule is Cn1c(C(=O)c2cn3c(nn2)nc2ccccc23)nc2ccccc21. The van der Waals surface area contributed by atoms with Crippen molar-refractivity contribution in [1.82, 2.24) is 29.1 Å². The van der Waals surface area contributed by atoms with Crippen molar-refractivity contribution >= 4 is 33.6 Å². The highest BCUT2D eigenvalue weighted by Gasteiger charge is 2.20. The summed E-state index contributed by atoms with van der Waals surface area (Å²) in [4.78, 5) is 21.8. The number of nitrogens with zero attached hydrogens (tertiary/aromatic N) is 6. The molecule has 0 saturated carbocycles. The Bertz CT molecular complexity index is 1280. The van der Waals surface area contributed by atoms with Crippen molar-refractivity contribution in [2.45, 2.75) is 0 Å². The third-order valence-electron chi connectivity index (χ3n) is 4.30. The summed E-state index contributed by atoms with van der Waals surface area (Å²) in [7, 11) is 1.82. The minimum absolute atomic E-state index is 0.231. The first-order valence-electron chi connectivity index (χ1n) is 7.79. The number of aryl methyl sites for hydroxylation is 1. The van der Waals surface area contributed by atoms with Crippen LogP contribution in [-0.2, 0) is 7.05 Å². The number of hydrogen-bond donors (Lipinski definition) is 0. The summed E-state index contributed by atoms with van der Waals surface area (Å²) in [5.74, 6) is 0.521. The van der Waals surface area contributed by atoms with Crippen molar-refractivity contribution in [3.05, 3.63) is 66.2 Å². The van der Waals surface area contributed by atoms with E-state index in [1.807, 2.05) is 55.6 Å². The number of imidazole rings is 2. The smallest absolute Gasteiger partial charge is 0.254 e. The quantitative estimate of drug-likeness (QED) is 0.465. The molecule has 0 radical (unpaired) electrons. The van der Waals surface area contributed by atoms with Gasteiger partial charge in [-0.3, -0.25) is 9.20 Å². The molecule has 0 spiro atoms. The third-order valence-corrected chi connectivity index (χ3v) is 4.30. The molecule has 2 aromatic carbocycles. The first-order chi connectivity index (χ1) is 12.2. The van der Waals surface area contributed by atoms with E-state index in [9.17, 15) is 4.79 Å². The number of carbonyl (C=O) groups is 1. The second-order valence-electron chi connectivity index (χ2n) is 5.80. The zero-order valence-electron chi connectivity index (χ0n) is 13.3. The predicted molar refractivity (Wildman–Crippen MR) is 92.4 cm³/mol. The van der Waals surface area contributed by atoms with Crippen molar-refractivity contribution < 1.29 is 4.79 Å². The fourth-order valence-corrected chi connectivity index (χ4v) is 3.04. The van der Waals surface area contributed by atoms with E-state index < -0.39 is 0 Å². The number of rotatable bonds is 2. The van der Waals surface area contributed by atoms with E-state index in [4.69, 9.17) is 0 Å². The van der Waals surface area contributed by atoms with Crippen molar-refractivity contribution in [1.29, 1.82) is 0 Å². The van der Waals surface area contributed by atoms with Gasteiger partial charge in [0.2, 0.25) is 5.78 Å². The van der Waals surface area contributed by atoms with Gasteiger partial charge in [0.15, 0.2) is 11.5 Å². The standard InChI is InChI=1S/C18H12N6O/c1-23-14-8-4-2-6-11(14)19-17(23)16(25)13-10-24-15-9-5-3-7-12(15)20-18(24)22-21-13/h2-10H,1H3. The molecule has 25 heavy (non-hydrogen) atoms. The van der Waals surface area contributed by atoms with Gasteiger partial charge in [0.1, 0.15) is 0 Å². The van der Waals surface area contributed by atoms with Crippen molar-refractivity contribution in [2.75, 3.05) is 0 Å². The van der Waals surface area contributed by atoms with E-state index in [-0.39, 0.29) is 11.5 Å². The molecule has 0 aliphatic heterocycles. The molecule has 0 atom stereocenters. The Kier molecular flexibility index (Phi) is 2.73. The Morgan fingerprint density at radius 3 is 2.32 bits per heavy atom. The molecule has 5 rings (SSSR count). The fraction of sp³-hybridized carbons (Fsp3) is 0.0556. The minimum Gasteiger partial charge on any atom is -0.324 e.